The topological polar surface area (TPSA) is 30.5 Å². The largest absolute Gasteiger partial charge is 0.433 e. The molecule has 0 bridgehead atoms. The zero-order valence-corrected chi connectivity index (χ0v) is 7.64. The molecule has 0 saturated carbocycles. The first-order chi connectivity index (χ1) is 4.91. The maximum Gasteiger partial charge on any atom is 0.433 e. The molecule has 0 aromatic carbocycles. The first kappa shape index (κ1) is 10.1. The zero-order chi connectivity index (χ0) is 7.66. The fourth-order valence-electron chi connectivity index (χ4n) is 0.463. The number of hydrogen-bond donors (Lipinski definition) is 1. The summed E-state index contributed by atoms with van der Waals surface area (Å²) in [6.07, 6.45) is 1.05. The molecule has 0 unspecified atom stereocenters. The van der Waals surface area contributed by atoms with Crippen LogP contribution in [0.15, 0.2) is 0 Å². The van der Waals surface area contributed by atoms with Crippen LogP contribution in [0.4, 0.5) is 0 Å². The van der Waals surface area contributed by atoms with E-state index in [1.54, 1.807) is 0 Å². The molecule has 4 heteroatoms. The van der Waals surface area contributed by atoms with Crippen molar-refractivity contribution in [2.24, 2.45) is 0 Å². The maximum atomic E-state index is 5.14. The SMILES string of the molecule is CCO[Si]OCCCNC. The van der Waals surface area contributed by atoms with Gasteiger partial charge in [0.25, 0.3) is 0 Å². The number of rotatable bonds is 7. The molecule has 0 aromatic heterocycles. The molecule has 10 heavy (non-hydrogen) atoms. The van der Waals surface area contributed by atoms with Gasteiger partial charge in [0.2, 0.25) is 0 Å². The van der Waals surface area contributed by atoms with Crippen LogP contribution >= 0.6 is 0 Å². The fraction of sp³-hybridized carbons (Fsp3) is 1.00. The third kappa shape index (κ3) is 8.10. The monoisotopic (exact) mass is 161 g/mol. The second-order valence-corrected chi connectivity index (χ2v) is 2.57. The van der Waals surface area contributed by atoms with Gasteiger partial charge >= 0.3 is 10.0 Å². The van der Waals surface area contributed by atoms with Crippen molar-refractivity contribution in [3.63, 3.8) is 0 Å². The molecule has 3 nitrogen and oxygen atoms in total. The molecule has 0 aromatic rings. The van der Waals surface area contributed by atoms with E-state index in [1.807, 2.05) is 14.0 Å². The van der Waals surface area contributed by atoms with Crippen LogP contribution in [-0.4, -0.2) is 36.8 Å². The van der Waals surface area contributed by atoms with Crippen molar-refractivity contribution in [2.45, 2.75) is 13.3 Å². The van der Waals surface area contributed by atoms with Crippen molar-refractivity contribution in [3.05, 3.63) is 0 Å². The minimum absolute atomic E-state index is 0.216. The van der Waals surface area contributed by atoms with Crippen LogP contribution in [0.25, 0.3) is 0 Å². The highest BCUT2D eigenvalue weighted by Crippen LogP contribution is 1.79. The van der Waals surface area contributed by atoms with Gasteiger partial charge in [0, 0.05) is 13.2 Å². The lowest BCUT2D eigenvalue weighted by Crippen LogP contribution is -2.12. The van der Waals surface area contributed by atoms with Gasteiger partial charge in [0.15, 0.2) is 0 Å². The van der Waals surface area contributed by atoms with E-state index in [2.05, 4.69) is 5.32 Å². The van der Waals surface area contributed by atoms with Gasteiger partial charge < -0.3 is 14.2 Å². The molecule has 0 fully saturated rings. The van der Waals surface area contributed by atoms with E-state index in [1.165, 1.54) is 0 Å². The summed E-state index contributed by atoms with van der Waals surface area (Å²) in [5.41, 5.74) is 0. The molecule has 0 aliphatic heterocycles. The van der Waals surface area contributed by atoms with E-state index in [-0.39, 0.29) is 10.0 Å². The van der Waals surface area contributed by atoms with Crippen LogP contribution < -0.4 is 5.32 Å². The fourth-order valence-corrected chi connectivity index (χ4v) is 0.892. The summed E-state index contributed by atoms with van der Waals surface area (Å²) in [5, 5.41) is 3.04. The summed E-state index contributed by atoms with van der Waals surface area (Å²) >= 11 is 0. The second-order valence-electron chi connectivity index (χ2n) is 1.82. The van der Waals surface area contributed by atoms with Gasteiger partial charge in [-0.3, -0.25) is 0 Å². The summed E-state index contributed by atoms with van der Waals surface area (Å²) in [4.78, 5) is 0. The standard InChI is InChI=1S/C6H15NO2Si/c1-3-8-10-9-6-4-5-7-2/h7H,3-6H2,1-2H3. The van der Waals surface area contributed by atoms with E-state index in [4.69, 9.17) is 8.85 Å². The summed E-state index contributed by atoms with van der Waals surface area (Å²) in [6, 6.07) is 0. The van der Waals surface area contributed by atoms with Crippen LogP contribution in [0, 0.1) is 0 Å². The quantitative estimate of drug-likeness (QED) is 0.427. The minimum Gasteiger partial charge on any atom is -0.393 e. The van der Waals surface area contributed by atoms with Crippen molar-refractivity contribution in [1.82, 2.24) is 5.32 Å². The molecule has 60 valence electrons. The van der Waals surface area contributed by atoms with Crippen molar-refractivity contribution in [3.8, 4) is 0 Å². The van der Waals surface area contributed by atoms with E-state index >= 15 is 0 Å². The predicted molar refractivity (Wildman–Crippen MR) is 41.9 cm³/mol. The highest BCUT2D eigenvalue weighted by molar-refractivity contribution is 6.17. The Morgan fingerprint density at radius 2 is 2.20 bits per heavy atom. The van der Waals surface area contributed by atoms with Gasteiger partial charge in [0.05, 0.1) is 0 Å². The molecule has 0 heterocycles. The van der Waals surface area contributed by atoms with Crippen molar-refractivity contribution in [2.75, 3.05) is 26.8 Å². The van der Waals surface area contributed by atoms with Gasteiger partial charge in [-0.25, -0.2) is 0 Å². The molecular weight excluding hydrogens is 146 g/mol. The second kappa shape index (κ2) is 9.10. The third-order valence-electron chi connectivity index (χ3n) is 0.935. The van der Waals surface area contributed by atoms with E-state index in [0.29, 0.717) is 0 Å². The van der Waals surface area contributed by atoms with Gasteiger partial charge in [-0.2, -0.15) is 0 Å². The van der Waals surface area contributed by atoms with Gasteiger partial charge in [0.1, 0.15) is 0 Å². The Balaban J connectivity index is 2.65. The molecular formula is C6H15NO2Si. The van der Waals surface area contributed by atoms with Gasteiger partial charge in [-0.05, 0) is 26.9 Å². The summed E-state index contributed by atoms with van der Waals surface area (Å²) in [6.45, 7) is 4.50. The third-order valence-corrected chi connectivity index (χ3v) is 1.66. The molecule has 0 aliphatic carbocycles. The normalized spacial score (nSPS) is 10.2. The van der Waals surface area contributed by atoms with Crippen molar-refractivity contribution >= 4 is 10.0 Å². The van der Waals surface area contributed by atoms with Gasteiger partial charge in [-0.1, -0.05) is 0 Å². The van der Waals surface area contributed by atoms with Crippen LogP contribution in [0.3, 0.4) is 0 Å². The lowest BCUT2D eigenvalue weighted by atomic mass is 10.5. The Morgan fingerprint density at radius 1 is 1.40 bits per heavy atom. The first-order valence-corrected chi connectivity index (χ1v) is 4.36. The Hall–Kier alpha value is 0.0969. The summed E-state index contributed by atoms with van der Waals surface area (Å²) in [7, 11) is 2.15. The smallest absolute Gasteiger partial charge is 0.393 e. The molecule has 1 N–H and O–H groups in total. The highest BCUT2D eigenvalue weighted by atomic mass is 28.3. The Morgan fingerprint density at radius 3 is 2.80 bits per heavy atom. The summed E-state index contributed by atoms with van der Waals surface area (Å²) < 4.78 is 10.1. The highest BCUT2D eigenvalue weighted by Gasteiger charge is 1.89. The Bertz CT molecular complexity index is 55.7. The molecule has 2 radical (unpaired) electrons. The zero-order valence-electron chi connectivity index (χ0n) is 6.64. The van der Waals surface area contributed by atoms with E-state index < -0.39 is 0 Å². The maximum absolute atomic E-state index is 5.14. The van der Waals surface area contributed by atoms with Gasteiger partial charge in [-0.15, -0.1) is 0 Å². The molecule has 0 rings (SSSR count). The van der Waals surface area contributed by atoms with Crippen LogP contribution in [-0.2, 0) is 8.85 Å². The average molecular weight is 161 g/mol. The first-order valence-electron chi connectivity index (χ1n) is 3.55. The lowest BCUT2D eigenvalue weighted by molar-refractivity contribution is 0.228. The molecule has 0 spiro atoms. The van der Waals surface area contributed by atoms with Crippen LogP contribution in [0.1, 0.15) is 13.3 Å². The number of nitrogens with one attached hydrogen (secondary N) is 1. The summed E-state index contributed by atoms with van der Waals surface area (Å²) in [5.74, 6) is 0. The van der Waals surface area contributed by atoms with E-state index in [0.717, 1.165) is 26.2 Å². The molecule has 0 saturated heterocycles. The van der Waals surface area contributed by atoms with Crippen LogP contribution in [0.5, 0.6) is 0 Å². The van der Waals surface area contributed by atoms with Crippen molar-refractivity contribution < 1.29 is 8.85 Å². The molecule has 0 aliphatic rings. The molecule has 0 amide bonds. The van der Waals surface area contributed by atoms with E-state index in [9.17, 15) is 0 Å². The van der Waals surface area contributed by atoms with Crippen molar-refractivity contribution in [1.29, 1.82) is 0 Å². The Labute approximate surface area is 65.2 Å². The lowest BCUT2D eigenvalue weighted by Gasteiger charge is -2.00. The Kier molecular flexibility index (Phi) is 9.19. The average Bonchev–Trinajstić information content (AvgIpc) is 1.97. The van der Waals surface area contributed by atoms with Crippen LogP contribution in [0.2, 0.25) is 0 Å². The molecule has 0 atom stereocenters. The number of hydrogen-bond acceptors (Lipinski definition) is 3. The predicted octanol–water partition coefficient (Wildman–Crippen LogP) is 0.183. The minimum atomic E-state index is 0.216.